The molecule has 1 atom stereocenters. The highest BCUT2D eigenvalue weighted by Gasteiger charge is 2.13. The monoisotopic (exact) mass is 257 g/mol. The zero-order chi connectivity index (χ0) is 11.5. The van der Waals surface area contributed by atoms with Crippen LogP contribution in [0, 0.1) is 0 Å². The molecular weight excluding hydrogens is 245 g/mol. The van der Waals surface area contributed by atoms with Crippen LogP contribution in [0.2, 0.25) is 10.0 Å². The van der Waals surface area contributed by atoms with Gasteiger partial charge in [-0.25, -0.2) is 0 Å². The molecule has 0 aliphatic carbocycles. The summed E-state index contributed by atoms with van der Waals surface area (Å²) in [5.74, 6) is 0.832. The molecule has 1 aromatic rings. The van der Waals surface area contributed by atoms with Crippen LogP contribution in [0.4, 0.5) is 0 Å². The third-order valence-corrected chi connectivity index (χ3v) is 3.02. The Hall–Kier alpha value is -0.930. The summed E-state index contributed by atoms with van der Waals surface area (Å²) in [5, 5.41) is 7.75. The van der Waals surface area contributed by atoms with Gasteiger partial charge in [-0.3, -0.25) is 4.99 Å². The summed E-state index contributed by atoms with van der Waals surface area (Å²) in [6.07, 6.45) is 0. The van der Waals surface area contributed by atoms with Gasteiger partial charge in [-0.15, -0.1) is 0 Å². The summed E-state index contributed by atoms with van der Waals surface area (Å²) in [4.78, 5) is 4.27. The molecule has 2 rings (SSSR count). The normalized spacial score (nSPS) is 16.6. The Labute approximate surface area is 105 Å². The molecule has 0 bridgehead atoms. The maximum absolute atomic E-state index is 6.13. The van der Waals surface area contributed by atoms with Crippen molar-refractivity contribution in [2.75, 3.05) is 13.1 Å². The second kappa shape index (κ2) is 4.93. The summed E-state index contributed by atoms with van der Waals surface area (Å²) in [6, 6.07) is 5.62. The Morgan fingerprint density at radius 1 is 1.44 bits per heavy atom. The summed E-state index contributed by atoms with van der Waals surface area (Å²) >= 11 is 12.0. The molecule has 3 nitrogen and oxygen atoms in total. The minimum absolute atomic E-state index is 0.106. The summed E-state index contributed by atoms with van der Waals surface area (Å²) in [7, 11) is 0. The first-order valence-electron chi connectivity index (χ1n) is 5.16. The van der Waals surface area contributed by atoms with E-state index in [1.54, 1.807) is 6.07 Å². The number of benzene rings is 1. The first kappa shape index (κ1) is 11.6. The van der Waals surface area contributed by atoms with Gasteiger partial charge in [-0.1, -0.05) is 29.3 Å². The van der Waals surface area contributed by atoms with Gasteiger partial charge in [0.2, 0.25) is 0 Å². The van der Waals surface area contributed by atoms with Crippen LogP contribution in [-0.2, 0) is 0 Å². The molecule has 86 valence electrons. The maximum atomic E-state index is 6.13. The predicted octanol–water partition coefficient (Wildman–Crippen LogP) is 2.60. The number of aliphatic imine (C=N–C) groups is 1. The second-order valence-electron chi connectivity index (χ2n) is 3.69. The van der Waals surface area contributed by atoms with Crippen molar-refractivity contribution in [3.05, 3.63) is 33.8 Å². The average molecular weight is 258 g/mol. The van der Waals surface area contributed by atoms with Crippen molar-refractivity contribution in [3.63, 3.8) is 0 Å². The van der Waals surface area contributed by atoms with E-state index in [4.69, 9.17) is 23.2 Å². The Bertz CT molecular complexity index is 418. The molecule has 5 heteroatoms. The molecule has 0 amide bonds. The Balaban J connectivity index is 2.10. The van der Waals surface area contributed by atoms with E-state index < -0.39 is 0 Å². The van der Waals surface area contributed by atoms with Crippen molar-refractivity contribution in [2.24, 2.45) is 4.99 Å². The second-order valence-corrected chi connectivity index (χ2v) is 4.53. The van der Waals surface area contributed by atoms with Gasteiger partial charge in [0.1, 0.15) is 0 Å². The van der Waals surface area contributed by atoms with Crippen molar-refractivity contribution >= 4 is 29.2 Å². The highest BCUT2D eigenvalue weighted by atomic mass is 35.5. The summed E-state index contributed by atoms with van der Waals surface area (Å²) in [6.45, 7) is 3.75. The number of hydrogen-bond acceptors (Lipinski definition) is 3. The van der Waals surface area contributed by atoms with Gasteiger partial charge in [-0.2, -0.15) is 0 Å². The molecule has 1 aliphatic heterocycles. The fourth-order valence-electron chi connectivity index (χ4n) is 1.63. The smallest absolute Gasteiger partial charge is 0.191 e. The third kappa shape index (κ3) is 2.60. The van der Waals surface area contributed by atoms with Gasteiger partial charge in [0.25, 0.3) is 0 Å². The van der Waals surface area contributed by atoms with Crippen molar-refractivity contribution in [1.29, 1.82) is 0 Å². The van der Waals surface area contributed by atoms with Gasteiger partial charge >= 0.3 is 0 Å². The van der Waals surface area contributed by atoms with E-state index in [0.29, 0.717) is 10.0 Å². The molecule has 0 saturated carbocycles. The van der Waals surface area contributed by atoms with Crippen LogP contribution in [0.15, 0.2) is 23.2 Å². The van der Waals surface area contributed by atoms with Gasteiger partial charge in [-0.05, 0) is 24.6 Å². The van der Waals surface area contributed by atoms with E-state index in [-0.39, 0.29) is 6.04 Å². The van der Waals surface area contributed by atoms with Gasteiger partial charge in [0.05, 0.1) is 12.6 Å². The van der Waals surface area contributed by atoms with E-state index >= 15 is 0 Å². The fraction of sp³-hybridized carbons (Fsp3) is 0.364. The minimum Gasteiger partial charge on any atom is -0.355 e. The maximum Gasteiger partial charge on any atom is 0.191 e. The molecular formula is C11H13Cl2N3. The number of guanidine groups is 1. The lowest BCUT2D eigenvalue weighted by atomic mass is 10.1. The van der Waals surface area contributed by atoms with Crippen molar-refractivity contribution in [2.45, 2.75) is 13.0 Å². The predicted molar refractivity (Wildman–Crippen MR) is 68.3 cm³/mol. The number of rotatable bonds is 2. The third-order valence-electron chi connectivity index (χ3n) is 2.46. The van der Waals surface area contributed by atoms with E-state index in [1.165, 1.54) is 0 Å². The van der Waals surface area contributed by atoms with Crippen LogP contribution in [-0.4, -0.2) is 19.0 Å². The van der Waals surface area contributed by atoms with Crippen LogP contribution in [0.1, 0.15) is 18.5 Å². The molecule has 1 aliphatic rings. The number of hydrogen-bond donors (Lipinski definition) is 2. The number of nitrogens with zero attached hydrogens (tertiary/aromatic N) is 1. The standard InChI is InChI=1S/C11H13Cl2N3/c1-7(16-11-14-4-5-15-11)9-3-2-8(12)6-10(9)13/h2-3,6-7H,4-5H2,1H3,(H2,14,15,16). The molecule has 0 spiro atoms. The van der Waals surface area contributed by atoms with Crippen molar-refractivity contribution in [3.8, 4) is 0 Å². The molecule has 1 unspecified atom stereocenters. The van der Waals surface area contributed by atoms with Crippen molar-refractivity contribution in [1.82, 2.24) is 10.6 Å². The molecule has 1 heterocycles. The van der Waals surface area contributed by atoms with Crippen LogP contribution >= 0.6 is 23.2 Å². The highest BCUT2D eigenvalue weighted by Crippen LogP contribution is 2.25. The van der Waals surface area contributed by atoms with Crippen LogP contribution in [0.3, 0.4) is 0 Å². The lowest BCUT2D eigenvalue weighted by Gasteiger charge is -2.16. The van der Waals surface area contributed by atoms with E-state index in [9.17, 15) is 0 Å². The van der Waals surface area contributed by atoms with Gasteiger partial charge in [0, 0.05) is 16.6 Å². The topological polar surface area (TPSA) is 36.4 Å². The van der Waals surface area contributed by atoms with Crippen molar-refractivity contribution < 1.29 is 0 Å². The minimum atomic E-state index is 0.106. The first-order valence-corrected chi connectivity index (χ1v) is 5.92. The van der Waals surface area contributed by atoms with Crippen LogP contribution < -0.4 is 10.6 Å². The molecule has 2 N–H and O–H groups in total. The molecule has 0 saturated heterocycles. The number of nitrogens with one attached hydrogen (secondary N) is 2. The molecule has 1 aromatic carbocycles. The van der Waals surface area contributed by atoms with Crippen LogP contribution in [0.5, 0.6) is 0 Å². The quantitative estimate of drug-likeness (QED) is 0.855. The molecule has 0 aromatic heterocycles. The largest absolute Gasteiger partial charge is 0.355 e. The Morgan fingerprint density at radius 2 is 2.25 bits per heavy atom. The summed E-state index contributed by atoms with van der Waals surface area (Å²) < 4.78 is 0. The zero-order valence-corrected chi connectivity index (χ0v) is 10.4. The number of halogens is 2. The Kier molecular flexibility index (Phi) is 3.56. The highest BCUT2D eigenvalue weighted by molar-refractivity contribution is 6.35. The Morgan fingerprint density at radius 3 is 2.88 bits per heavy atom. The molecule has 0 fully saturated rings. The lowest BCUT2D eigenvalue weighted by Crippen LogP contribution is -2.35. The molecule has 0 radical (unpaired) electrons. The van der Waals surface area contributed by atoms with E-state index in [0.717, 1.165) is 24.6 Å². The summed E-state index contributed by atoms with van der Waals surface area (Å²) in [5.41, 5.74) is 1.02. The van der Waals surface area contributed by atoms with E-state index in [1.807, 2.05) is 19.1 Å². The lowest BCUT2D eigenvalue weighted by molar-refractivity contribution is 0.702. The van der Waals surface area contributed by atoms with E-state index in [2.05, 4.69) is 15.6 Å². The van der Waals surface area contributed by atoms with Gasteiger partial charge < -0.3 is 10.6 Å². The zero-order valence-electron chi connectivity index (χ0n) is 8.93. The van der Waals surface area contributed by atoms with Crippen LogP contribution in [0.25, 0.3) is 0 Å². The SMILES string of the molecule is CC(NC1=NCCN1)c1ccc(Cl)cc1Cl. The average Bonchev–Trinajstić information content (AvgIpc) is 2.70. The fourth-order valence-corrected chi connectivity index (χ4v) is 2.20. The first-order chi connectivity index (χ1) is 7.66. The van der Waals surface area contributed by atoms with Gasteiger partial charge in [0.15, 0.2) is 5.96 Å². The molecule has 16 heavy (non-hydrogen) atoms.